The first-order valence-corrected chi connectivity index (χ1v) is 6.44. The van der Waals surface area contributed by atoms with Gasteiger partial charge in [-0.05, 0) is 6.92 Å². The molecule has 0 aliphatic rings. The van der Waals surface area contributed by atoms with Crippen LogP contribution in [0.15, 0.2) is 36.7 Å². The van der Waals surface area contributed by atoms with E-state index < -0.39 is 0 Å². The van der Waals surface area contributed by atoms with E-state index in [2.05, 4.69) is 46.4 Å². The van der Waals surface area contributed by atoms with Crippen molar-refractivity contribution in [1.29, 1.82) is 0 Å². The van der Waals surface area contributed by atoms with E-state index in [1.165, 1.54) is 5.56 Å². The number of nitrogens with zero attached hydrogens (tertiary/aromatic N) is 4. The van der Waals surface area contributed by atoms with Crippen LogP contribution in [0.2, 0.25) is 0 Å². The summed E-state index contributed by atoms with van der Waals surface area (Å²) in [6.07, 6.45) is 3.67. The molecule has 2 heterocycles. The Bertz CT molecular complexity index is 666. The molecular weight excluding hydrogens is 244 g/mol. The van der Waals surface area contributed by atoms with Crippen molar-refractivity contribution < 1.29 is 0 Å². The maximum absolute atomic E-state index is 4.28. The molecule has 3 aromatic rings. The van der Waals surface area contributed by atoms with Gasteiger partial charge < -0.3 is 4.57 Å². The molecule has 2 aromatic heterocycles. The van der Waals surface area contributed by atoms with E-state index in [1.54, 1.807) is 17.5 Å². The predicted molar refractivity (Wildman–Crippen MR) is 72.3 cm³/mol. The molecule has 0 aliphatic heterocycles. The first kappa shape index (κ1) is 11.1. The van der Waals surface area contributed by atoms with Crippen LogP contribution >= 0.6 is 11.3 Å². The summed E-state index contributed by atoms with van der Waals surface area (Å²) in [5.41, 5.74) is 2.34. The zero-order valence-electron chi connectivity index (χ0n) is 10.2. The SMILES string of the molecule is Cc1ccc(-c2nnc(-c3nccn3C)s2)cc1. The topological polar surface area (TPSA) is 43.6 Å². The summed E-state index contributed by atoms with van der Waals surface area (Å²) in [5.74, 6) is 0.853. The summed E-state index contributed by atoms with van der Waals surface area (Å²) >= 11 is 1.56. The summed E-state index contributed by atoms with van der Waals surface area (Å²) in [7, 11) is 1.95. The van der Waals surface area contributed by atoms with Crippen LogP contribution in [0.1, 0.15) is 5.56 Å². The molecule has 4 nitrogen and oxygen atoms in total. The lowest BCUT2D eigenvalue weighted by atomic mass is 10.2. The van der Waals surface area contributed by atoms with Crippen molar-refractivity contribution in [2.45, 2.75) is 6.92 Å². The van der Waals surface area contributed by atoms with E-state index in [4.69, 9.17) is 0 Å². The van der Waals surface area contributed by atoms with Gasteiger partial charge in [-0.15, -0.1) is 10.2 Å². The molecule has 1 aromatic carbocycles. The van der Waals surface area contributed by atoms with Gasteiger partial charge in [0.05, 0.1) is 0 Å². The smallest absolute Gasteiger partial charge is 0.183 e. The van der Waals surface area contributed by atoms with Gasteiger partial charge in [0, 0.05) is 25.0 Å². The molecule has 5 heteroatoms. The second kappa shape index (κ2) is 4.34. The zero-order chi connectivity index (χ0) is 12.5. The van der Waals surface area contributed by atoms with Crippen LogP contribution in [-0.4, -0.2) is 19.7 Å². The van der Waals surface area contributed by atoms with Gasteiger partial charge in [0.15, 0.2) is 10.8 Å². The van der Waals surface area contributed by atoms with Crippen molar-refractivity contribution in [2.24, 2.45) is 7.05 Å². The first-order valence-electron chi connectivity index (χ1n) is 5.62. The Morgan fingerprint density at radius 2 is 1.78 bits per heavy atom. The monoisotopic (exact) mass is 256 g/mol. The number of hydrogen-bond acceptors (Lipinski definition) is 4. The molecule has 0 N–H and O–H groups in total. The Morgan fingerprint density at radius 3 is 2.44 bits per heavy atom. The normalized spacial score (nSPS) is 10.8. The molecule has 0 radical (unpaired) electrons. The number of aryl methyl sites for hydroxylation is 2. The molecule has 0 saturated carbocycles. The molecule has 0 aliphatic carbocycles. The highest BCUT2D eigenvalue weighted by Crippen LogP contribution is 2.28. The van der Waals surface area contributed by atoms with E-state index in [-0.39, 0.29) is 0 Å². The van der Waals surface area contributed by atoms with Crippen molar-refractivity contribution in [1.82, 2.24) is 19.7 Å². The average Bonchev–Trinajstić information content (AvgIpc) is 2.98. The van der Waals surface area contributed by atoms with Crippen LogP contribution in [-0.2, 0) is 7.05 Å². The van der Waals surface area contributed by atoms with Crippen LogP contribution in [0.5, 0.6) is 0 Å². The number of benzene rings is 1. The maximum atomic E-state index is 4.28. The maximum Gasteiger partial charge on any atom is 0.183 e. The summed E-state index contributed by atoms with van der Waals surface area (Å²) in [6.45, 7) is 2.07. The van der Waals surface area contributed by atoms with Crippen molar-refractivity contribution in [2.75, 3.05) is 0 Å². The lowest BCUT2D eigenvalue weighted by Gasteiger charge is -1.96. The molecule has 0 amide bonds. The highest BCUT2D eigenvalue weighted by Gasteiger charge is 2.11. The van der Waals surface area contributed by atoms with E-state index in [1.807, 2.05) is 17.8 Å². The fraction of sp³-hybridized carbons (Fsp3) is 0.154. The Balaban J connectivity index is 1.99. The highest BCUT2D eigenvalue weighted by atomic mass is 32.1. The van der Waals surface area contributed by atoms with Gasteiger partial charge in [-0.1, -0.05) is 41.2 Å². The van der Waals surface area contributed by atoms with E-state index in [0.717, 1.165) is 21.4 Å². The molecular formula is C13H12N4S. The van der Waals surface area contributed by atoms with Crippen molar-refractivity contribution in [3.63, 3.8) is 0 Å². The third kappa shape index (κ3) is 1.93. The number of imidazole rings is 1. The minimum Gasteiger partial charge on any atom is -0.332 e. The van der Waals surface area contributed by atoms with Crippen molar-refractivity contribution in [3.05, 3.63) is 42.2 Å². The lowest BCUT2D eigenvalue weighted by Crippen LogP contribution is -1.90. The number of hydrogen-bond donors (Lipinski definition) is 0. The van der Waals surface area contributed by atoms with Crippen molar-refractivity contribution >= 4 is 11.3 Å². The Labute approximate surface area is 109 Å². The van der Waals surface area contributed by atoms with Gasteiger partial charge in [0.25, 0.3) is 0 Å². The summed E-state index contributed by atoms with van der Waals surface area (Å²) < 4.78 is 1.94. The highest BCUT2D eigenvalue weighted by molar-refractivity contribution is 7.17. The van der Waals surface area contributed by atoms with E-state index in [0.29, 0.717) is 0 Å². The van der Waals surface area contributed by atoms with Crippen LogP contribution < -0.4 is 0 Å². The van der Waals surface area contributed by atoms with Crippen LogP contribution in [0.25, 0.3) is 21.4 Å². The van der Waals surface area contributed by atoms with Gasteiger partial charge in [-0.25, -0.2) is 4.98 Å². The van der Waals surface area contributed by atoms with Gasteiger partial charge in [0.1, 0.15) is 5.01 Å². The van der Waals surface area contributed by atoms with Gasteiger partial charge >= 0.3 is 0 Å². The quantitative estimate of drug-likeness (QED) is 0.708. The third-order valence-corrected chi connectivity index (χ3v) is 3.70. The fourth-order valence-electron chi connectivity index (χ4n) is 1.70. The standard InChI is InChI=1S/C13H12N4S/c1-9-3-5-10(6-4-9)12-15-16-13(18-12)11-14-7-8-17(11)2/h3-8H,1-2H3. The molecule has 0 fully saturated rings. The molecule has 18 heavy (non-hydrogen) atoms. The molecule has 0 atom stereocenters. The fourth-order valence-corrected chi connectivity index (χ4v) is 2.59. The number of rotatable bonds is 2. The molecule has 0 spiro atoms. The molecule has 3 rings (SSSR count). The summed E-state index contributed by atoms with van der Waals surface area (Å²) in [4.78, 5) is 4.28. The summed E-state index contributed by atoms with van der Waals surface area (Å²) in [6, 6.07) is 8.30. The molecule has 0 unspecified atom stereocenters. The minimum atomic E-state index is 0.845. The second-order valence-corrected chi connectivity index (χ2v) is 5.12. The van der Waals surface area contributed by atoms with Gasteiger partial charge in [-0.3, -0.25) is 0 Å². The van der Waals surface area contributed by atoms with Crippen molar-refractivity contribution in [3.8, 4) is 21.4 Å². The number of aromatic nitrogens is 4. The Hall–Kier alpha value is -2.01. The lowest BCUT2D eigenvalue weighted by molar-refractivity contribution is 0.916. The first-order chi connectivity index (χ1) is 8.74. The molecule has 90 valence electrons. The predicted octanol–water partition coefficient (Wildman–Crippen LogP) is 2.91. The minimum absolute atomic E-state index is 0.845. The second-order valence-electron chi connectivity index (χ2n) is 4.14. The van der Waals surface area contributed by atoms with Crippen LogP contribution in [0, 0.1) is 6.92 Å². The third-order valence-electron chi connectivity index (χ3n) is 2.74. The van der Waals surface area contributed by atoms with Gasteiger partial charge in [-0.2, -0.15) is 0 Å². The van der Waals surface area contributed by atoms with E-state index in [9.17, 15) is 0 Å². The Kier molecular flexibility index (Phi) is 2.68. The largest absolute Gasteiger partial charge is 0.332 e. The molecule has 0 saturated heterocycles. The van der Waals surface area contributed by atoms with Gasteiger partial charge in [0.2, 0.25) is 0 Å². The Morgan fingerprint density at radius 1 is 1.06 bits per heavy atom. The van der Waals surface area contributed by atoms with Crippen LogP contribution in [0.4, 0.5) is 0 Å². The zero-order valence-corrected chi connectivity index (χ0v) is 11.0. The summed E-state index contributed by atoms with van der Waals surface area (Å²) in [5, 5.41) is 10.2. The van der Waals surface area contributed by atoms with E-state index >= 15 is 0 Å². The van der Waals surface area contributed by atoms with Crippen LogP contribution in [0.3, 0.4) is 0 Å². The average molecular weight is 256 g/mol. The molecule has 0 bridgehead atoms.